The highest BCUT2D eigenvalue weighted by Gasteiger charge is 2.05. The first-order chi connectivity index (χ1) is 8.72. The molecule has 0 aromatic heterocycles. The van der Waals surface area contributed by atoms with Crippen LogP contribution in [0.1, 0.15) is 18.1 Å². The van der Waals surface area contributed by atoms with Gasteiger partial charge in [-0.1, -0.05) is 35.0 Å². The van der Waals surface area contributed by atoms with Crippen LogP contribution in [0.4, 0.5) is 0 Å². The van der Waals surface area contributed by atoms with Crippen molar-refractivity contribution in [1.82, 2.24) is 0 Å². The Morgan fingerprint density at radius 3 is 2.72 bits per heavy atom. The molecule has 0 aliphatic rings. The first-order valence-corrected chi connectivity index (χ1v) is 6.68. The maximum absolute atomic E-state index is 9.32. The quantitative estimate of drug-likeness (QED) is 0.912. The van der Waals surface area contributed by atoms with Crippen LogP contribution in [0.15, 0.2) is 46.9 Å². The molecular weight excluding hydrogens is 292 g/mol. The van der Waals surface area contributed by atoms with E-state index in [4.69, 9.17) is 4.74 Å². The minimum atomic E-state index is -0.0394. The molecule has 2 nitrogen and oxygen atoms in total. The molecule has 3 heteroatoms. The summed E-state index contributed by atoms with van der Waals surface area (Å²) < 4.78 is 6.75. The van der Waals surface area contributed by atoms with Crippen LogP contribution < -0.4 is 4.74 Å². The molecule has 0 atom stereocenters. The lowest BCUT2D eigenvalue weighted by molar-refractivity contribution is 0.276. The fraction of sp³-hybridized carbons (Fsp3) is 0.200. The van der Waals surface area contributed by atoms with Crippen molar-refractivity contribution in [3.05, 3.63) is 58.1 Å². The number of ether oxygens (including phenoxy) is 1. The second-order valence-corrected chi connectivity index (χ2v) is 4.93. The fourth-order valence-corrected chi connectivity index (χ4v) is 2.14. The van der Waals surface area contributed by atoms with Gasteiger partial charge < -0.3 is 9.84 Å². The van der Waals surface area contributed by atoms with Crippen LogP contribution >= 0.6 is 15.9 Å². The SMILES string of the molecule is CCc1cccc(Oc2ccc(Br)cc2CO)c1. The zero-order chi connectivity index (χ0) is 13.0. The van der Waals surface area contributed by atoms with E-state index in [1.165, 1.54) is 5.56 Å². The number of rotatable bonds is 4. The van der Waals surface area contributed by atoms with Crippen LogP contribution in [0.2, 0.25) is 0 Å². The van der Waals surface area contributed by atoms with E-state index in [9.17, 15) is 5.11 Å². The molecule has 0 unspecified atom stereocenters. The molecule has 0 amide bonds. The topological polar surface area (TPSA) is 29.5 Å². The number of aryl methyl sites for hydroxylation is 1. The summed E-state index contributed by atoms with van der Waals surface area (Å²) in [7, 11) is 0. The van der Waals surface area contributed by atoms with Gasteiger partial charge in [-0.3, -0.25) is 0 Å². The molecule has 94 valence electrons. The van der Waals surface area contributed by atoms with E-state index >= 15 is 0 Å². The molecule has 0 saturated heterocycles. The van der Waals surface area contributed by atoms with Gasteiger partial charge in [-0.05, 0) is 42.3 Å². The number of benzene rings is 2. The van der Waals surface area contributed by atoms with Gasteiger partial charge in [0.15, 0.2) is 0 Å². The zero-order valence-corrected chi connectivity index (χ0v) is 11.8. The van der Waals surface area contributed by atoms with E-state index in [-0.39, 0.29) is 6.61 Å². The number of hydrogen-bond acceptors (Lipinski definition) is 2. The summed E-state index contributed by atoms with van der Waals surface area (Å²) in [6.45, 7) is 2.07. The van der Waals surface area contributed by atoms with E-state index in [0.29, 0.717) is 5.75 Å². The van der Waals surface area contributed by atoms with Gasteiger partial charge in [0.1, 0.15) is 11.5 Å². The van der Waals surface area contributed by atoms with Crippen molar-refractivity contribution in [2.45, 2.75) is 20.0 Å². The van der Waals surface area contributed by atoms with Gasteiger partial charge in [0.05, 0.1) is 6.61 Å². The smallest absolute Gasteiger partial charge is 0.133 e. The van der Waals surface area contributed by atoms with Crippen molar-refractivity contribution >= 4 is 15.9 Å². The highest BCUT2D eigenvalue weighted by atomic mass is 79.9. The monoisotopic (exact) mass is 306 g/mol. The lowest BCUT2D eigenvalue weighted by Gasteiger charge is -2.11. The van der Waals surface area contributed by atoms with Crippen LogP contribution in [-0.4, -0.2) is 5.11 Å². The van der Waals surface area contributed by atoms with Crippen molar-refractivity contribution in [2.24, 2.45) is 0 Å². The molecule has 0 heterocycles. The molecule has 2 aromatic rings. The predicted molar refractivity (Wildman–Crippen MR) is 76.0 cm³/mol. The maximum Gasteiger partial charge on any atom is 0.133 e. The third kappa shape index (κ3) is 3.12. The highest BCUT2D eigenvalue weighted by Crippen LogP contribution is 2.28. The highest BCUT2D eigenvalue weighted by molar-refractivity contribution is 9.10. The predicted octanol–water partition coefficient (Wildman–Crippen LogP) is 4.30. The third-order valence-electron chi connectivity index (χ3n) is 2.73. The minimum absolute atomic E-state index is 0.0394. The summed E-state index contributed by atoms with van der Waals surface area (Å²) in [6, 6.07) is 13.6. The molecule has 2 aromatic carbocycles. The molecule has 2 rings (SSSR count). The second-order valence-electron chi connectivity index (χ2n) is 4.01. The first-order valence-electron chi connectivity index (χ1n) is 5.89. The van der Waals surface area contributed by atoms with Crippen LogP contribution in [0.25, 0.3) is 0 Å². The summed E-state index contributed by atoms with van der Waals surface area (Å²) in [4.78, 5) is 0. The summed E-state index contributed by atoms with van der Waals surface area (Å²) in [6.07, 6.45) is 0.977. The summed E-state index contributed by atoms with van der Waals surface area (Å²) >= 11 is 3.38. The van der Waals surface area contributed by atoms with Crippen LogP contribution in [0.3, 0.4) is 0 Å². The number of halogens is 1. The Bertz CT molecular complexity index is 538. The first kappa shape index (κ1) is 13.1. The van der Waals surface area contributed by atoms with Crippen molar-refractivity contribution in [3.8, 4) is 11.5 Å². The molecule has 0 bridgehead atoms. The molecular formula is C15H15BrO2. The molecule has 0 spiro atoms. The van der Waals surface area contributed by atoms with Crippen LogP contribution in [-0.2, 0) is 13.0 Å². The van der Waals surface area contributed by atoms with Gasteiger partial charge in [0, 0.05) is 10.0 Å². The Balaban J connectivity index is 2.27. The van der Waals surface area contributed by atoms with E-state index in [1.807, 2.05) is 36.4 Å². The van der Waals surface area contributed by atoms with Gasteiger partial charge in [-0.15, -0.1) is 0 Å². The zero-order valence-electron chi connectivity index (χ0n) is 10.2. The van der Waals surface area contributed by atoms with Gasteiger partial charge in [0.25, 0.3) is 0 Å². The summed E-state index contributed by atoms with van der Waals surface area (Å²) in [5, 5.41) is 9.32. The lowest BCUT2D eigenvalue weighted by atomic mass is 10.1. The van der Waals surface area contributed by atoms with E-state index in [2.05, 4.69) is 28.9 Å². The van der Waals surface area contributed by atoms with E-state index < -0.39 is 0 Å². The molecule has 0 saturated carbocycles. The molecule has 1 N–H and O–H groups in total. The Hall–Kier alpha value is -1.32. The van der Waals surface area contributed by atoms with Gasteiger partial charge >= 0.3 is 0 Å². The standard InChI is InChI=1S/C15H15BrO2/c1-2-11-4-3-5-14(8-11)18-15-7-6-13(16)9-12(15)10-17/h3-9,17H,2,10H2,1H3. The van der Waals surface area contributed by atoms with Crippen molar-refractivity contribution < 1.29 is 9.84 Å². The van der Waals surface area contributed by atoms with Crippen LogP contribution in [0, 0.1) is 0 Å². The summed E-state index contributed by atoms with van der Waals surface area (Å²) in [5.74, 6) is 1.49. The van der Waals surface area contributed by atoms with Gasteiger partial charge in [-0.2, -0.15) is 0 Å². The average Bonchev–Trinajstić information content (AvgIpc) is 2.41. The normalized spacial score (nSPS) is 10.4. The maximum atomic E-state index is 9.32. The van der Waals surface area contributed by atoms with Gasteiger partial charge in [0.2, 0.25) is 0 Å². The Morgan fingerprint density at radius 2 is 2.00 bits per heavy atom. The molecule has 0 aliphatic heterocycles. The number of hydrogen-bond donors (Lipinski definition) is 1. The number of aliphatic hydroxyl groups is 1. The van der Waals surface area contributed by atoms with E-state index in [0.717, 1.165) is 22.2 Å². The fourth-order valence-electron chi connectivity index (χ4n) is 1.73. The van der Waals surface area contributed by atoms with Gasteiger partial charge in [-0.25, -0.2) is 0 Å². The minimum Gasteiger partial charge on any atom is -0.457 e. The lowest BCUT2D eigenvalue weighted by Crippen LogP contribution is -1.92. The third-order valence-corrected chi connectivity index (χ3v) is 3.22. The second kappa shape index (κ2) is 6.03. The van der Waals surface area contributed by atoms with Crippen molar-refractivity contribution in [3.63, 3.8) is 0 Å². The Labute approximate surface area is 115 Å². The van der Waals surface area contributed by atoms with Crippen molar-refractivity contribution in [2.75, 3.05) is 0 Å². The molecule has 0 radical (unpaired) electrons. The number of aliphatic hydroxyl groups excluding tert-OH is 1. The molecule has 18 heavy (non-hydrogen) atoms. The molecule has 0 aliphatic carbocycles. The van der Waals surface area contributed by atoms with E-state index in [1.54, 1.807) is 0 Å². The van der Waals surface area contributed by atoms with Crippen LogP contribution in [0.5, 0.6) is 11.5 Å². The molecule has 0 fully saturated rings. The average molecular weight is 307 g/mol. The Morgan fingerprint density at radius 1 is 1.17 bits per heavy atom. The summed E-state index contributed by atoms with van der Waals surface area (Å²) in [5.41, 5.74) is 2.00. The van der Waals surface area contributed by atoms with Crippen molar-refractivity contribution in [1.29, 1.82) is 0 Å². The Kier molecular flexibility index (Phi) is 4.39. The largest absolute Gasteiger partial charge is 0.457 e.